The summed E-state index contributed by atoms with van der Waals surface area (Å²) in [6.45, 7) is 1.46. The average Bonchev–Trinajstić information content (AvgIpc) is 3.31. The summed E-state index contributed by atoms with van der Waals surface area (Å²) in [6.07, 6.45) is 4.32. The third-order valence-corrected chi connectivity index (χ3v) is 5.21. The predicted octanol–water partition coefficient (Wildman–Crippen LogP) is 1.73. The number of hydrogen-bond acceptors (Lipinski definition) is 5. The third-order valence-electron chi connectivity index (χ3n) is 4.44. The van der Waals surface area contributed by atoms with Crippen LogP contribution in [-0.2, 0) is 16.0 Å². The number of benzene rings is 1. The van der Waals surface area contributed by atoms with E-state index in [4.69, 9.17) is 4.74 Å². The zero-order valence-corrected chi connectivity index (χ0v) is 15.5. The minimum absolute atomic E-state index is 0.0412. The van der Waals surface area contributed by atoms with Crippen molar-refractivity contribution < 1.29 is 14.3 Å². The Bertz CT molecular complexity index is 908. The predicted molar refractivity (Wildman–Crippen MR) is 102 cm³/mol. The lowest BCUT2D eigenvalue weighted by molar-refractivity contribution is -0.128. The number of aromatic nitrogens is 2. The number of amides is 2. The van der Waals surface area contributed by atoms with Gasteiger partial charge in [-0.05, 0) is 12.1 Å². The van der Waals surface area contributed by atoms with Crippen LogP contribution in [0.15, 0.2) is 48.1 Å². The van der Waals surface area contributed by atoms with Gasteiger partial charge in [0.2, 0.25) is 11.8 Å². The Kier molecular flexibility index (Phi) is 5.06. The van der Waals surface area contributed by atoms with Gasteiger partial charge in [-0.25, -0.2) is 4.98 Å². The van der Waals surface area contributed by atoms with Crippen LogP contribution in [0, 0.1) is 0 Å². The van der Waals surface area contributed by atoms with Crippen LogP contribution in [0.2, 0.25) is 0 Å². The second-order valence-corrected chi connectivity index (χ2v) is 7.34. The molecule has 0 spiro atoms. The molecule has 0 saturated carbocycles. The largest absolute Gasteiger partial charge is 0.492 e. The first kappa shape index (κ1) is 17.5. The number of rotatable bonds is 7. The van der Waals surface area contributed by atoms with Gasteiger partial charge in [0.25, 0.3) is 0 Å². The summed E-state index contributed by atoms with van der Waals surface area (Å²) in [5, 5.41) is 4.90. The van der Waals surface area contributed by atoms with Crippen LogP contribution in [0.25, 0.3) is 4.96 Å². The number of ether oxygens (including phenoxy) is 1. The van der Waals surface area contributed by atoms with Crippen molar-refractivity contribution in [2.75, 3.05) is 19.7 Å². The Morgan fingerprint density at radius 3 is 3.00 bits per heavy atom. The zero-order valence-electron chi connectivity index (χ0n) is 14.7. The van der Waals surface area contributed by atoms with Crippen molar-refractivity contribution in [3.63, 3.8) is 0 Å². The number of likely N-dealkylation sites (tertiary alicyclic amines) is 1. The van der Waals surface area contributed by atoms with E-state index in [1.807, 2.05) is 52.5 Å². The van der Waals surface area contributed by atoms with Crippen LogP contribution in [0.5, 0.6) is 5.75 Å². The molecule has 1 fully saturated rings. The maximum atomic E-state index is 12.3. The fourth-order valence-electron chi connectivity index (χ4n) is 3.18. The molecule has 1 unspecified atom stereocenters. The zero-order chi connectivity index (χ0) is 18.6. The number of nitrogens with zero attached hydrogens (tertiary/aromatic N) is 3. The molecule has 0 aliphatic carbocycles. The Hall–Kier alpha value is -2.87. The molecule has 0 bridgehead atoms. The summed E-state index contributed by atoms with van der Waals surface area (Å²) in [4.78, 5) is 31.4. The first-order chi connectivity index (χ1) is 13.2. The number of hydrogen-bond donors (Lipinski definition) is 1. The van der Waals surface area contributed by atoms with Gasteiger partial charge < -0.3 is 15.0 Å². The van der Waals surface area contributed by atoms with Gasteiger partial charge in [0.05, 0.1) is 24.7 Å². The second-order valence-electron chi connectivity index (χ2n) is 6.47. The summed E-state index contributed by atoms with van der Waals surface area (Å²) < 4.78 is 7.55. The molecule has 1 N–H and O–H groups in total. The molecule has 2 aromatic heterocycles. The molecule has 1 aromatic carbocycles. The number of fused-ring (bicyclic) bond motifs is 1. The number of para-hydroxylation sites is 1. The molecule has 27 heavy (non-hydrogen) atoms. The highest BCUT2D eigenvalue weighted by molar-refractivity contribution is 7.15. The van der Waals surface area contributed by atoms with Gasteiger partial charge in [0, 0.05) is 30.7 Å². The first-order valence-corrected chi connectivity index (χ1v) is 9.71. The highest BCUT2D eigenvalue weighted by atomic mass is 32.1. The molecule has 4 rings (SSSR count). The maximum absolute atomic E-state index is 12.3. The van der Waals surface area contributed by atoms with E-state index in [0.29, 0.717) is 26.1 Å². The van der Waals surface area contributed by atoms with Crippen molar-refractivity contribution >= 4 is 28.1 Å². The maximum Gasteiger partial charge on any atom is 0.226 e. The molecule has 140 valence electrons. The van der Waals surface area contributed by atoms with Crippen LogP contribution in [0.4, 0.5) is 0 Å². The number of imidazole rings is 1. The molecule has 3 aromatic rings. The smallest absolute Gasteiger partial charge is 0.226 e. The molecular weight excluding hydrogens is 364 g/mol. The second kappa shape index (κ2) is 7.79. The standard InChI is InChI=1S/C19H20N4O3S/c24-17(10-14-13-23-7-9-27-19(23)21-14)20-15-11-18(25)22(12-15)6-8-26-16-4-2-1-3-5-16/h1-5,7,9,13,15H,6,8,10-12H2,(H,20,24). The van der Waals surface area contributed by atoms with E-state index in [1.54, 1.807) is 4.90 Å². The molecular formula is C19H20N4O3S. The highest BCUT2D eigenvalue weighted by Gasteiger charge is 2.30. The SMILES string of the molecule is O=C(Cc1cn2ccsc2n1)NC1CC(=O)N(CCOc2ccccc2)C1. The van der Waals surface area contributed by atoms with Crippen molar-refractivity contribution in [3.8, 4) is 5.75 Å². The third kappa shape index (κ3) is 4.28. The number of carbonyl (C=O) groups excluding carboxylic acids is 2. The van der Waals surface area contributed by atoms with Gasteiger partial charge in [-0.2, -0.15) is 0 Å². The topological polar surface area (TPSA) is 75.9 Å². The van der Waals surface area contributed by atoms with Crippen molar-refractivity contribution in [1.29, 1.82) is 0 Å². The summed E-state index contributed by atoms with van der Waals surface area (Å²) >= 11 is 1.53. The fourth-order valence-corrected chi connectivity index (χ4v) is 3.90. The lowest BCUT2D eigenvalue weighted by Gasteiger charge is -2.17. The van der Waals surface area contributed by atoms with Crippen LogP contribution < -0.4 is 10.1 Å². The number of thiazole rings is 1. The molecule has 7 nitrogen and oxygen atoms in total. The number of nitrogens with one attached hydrogen (secondary N) is 1. The quantitative estimate of drug-likeness (QED) is 0.673. The van der Waals surface area contributed by atoms with Crippen LogP contribution in [0.3, 0.4) is 0 Å². The van der Waals surface area contributed by atoms with E-state index < -0.39 is 0 Å². The summed E-state index contributed by atoms with van der Waals surface area (Å²) in [7, 11) is 0. The van der Waals surface area contributed by atoms with E-state index in [1.165, 1.54) is 11.3 Å². The first-order valence-electron chi connectivity index (χ1n) is 8.83. The molecule has 8 heteroatoms. The minimum atomic E-state index is -0.162. The minimum Gasteiger partial charge on any atom is -0.492 e. The molecule has 0 radical (unpaired) electrons. The molecule has 1 atom stereocenters. The Balaban J connectivity index is 1.23. The Morgan fingerprint density at radius 2 is 2.19 bits per heavy atom. The lowest BCUT2D eigenvalue weighted by Crippen LogP contribution is -2.38. The van der Waals surface area contributed by atoms with Gasteiger partial charge in [-0.3, -0.25) is 14.0 Å². The highest BCUT2D eigenvalue weighted by Crippen LogP contribution is 2.14. The Morgan fingerprint density at radius 1 is 1.33 bits per heavy atom. The van der Waals surface area contributed by atoms with Crippen LogP contribution >= 0.6 is 11.3 Å². The molecule has 1 aliphatic rings. The Labute approximate surface area is 160 Å². The summed E-state index contributed by atoms with van der Waals surface area (Å²) in [5.41, 5.74) is 0.733. The monoisotopic (exact) mass is 384 g/mol. The summed E-state index contributed by atoms with van der Waals surface area (Å²) in [5.74, 6) is 0.717. The molecule has 1 saturated heterocycles. The molecule has 3 heterocycles. The number of carbonyl (C=O) groups is 2. The van der Waals surface area contributed by atoms with Gasteiger partial charge in [-0.15, -0.1) is 11.3 Å². The van der Waals surface area contributed by atoms with Gasteiger partial charge in [0.1, 0.15) is 12.4 Å². The van der Waals surface area contributed by atoms with E-state index in [0.717, 1.165) is 16.4 Å². The van der Waals surface area contributed by atoms with Crippen molar-refractivity contribution in [1.82, 2.24) is 19.6 Å². The normalized spacial score (nSPS) is 16.8. The van der Waals surface area contributed by atoms with E-state index in [-0.39, 0.29) is 24.3 Å². The van der Waals surface area contributed by atoms with E-state index in [2.05, 4.69) is 10.3 Å². The van der Waals surface area contributed by atoms with Crippen LogP contribution in [0.1, 0.15) is 12.1 Å². The van der Waals surface area contributed by atoms with E-state index >= 15 is 0 Å². The molecule has 2 amide bonds. The fraction of sp³-hybridized carbons (Fsp3) is 0.316. The van der Waals surface area contributed by atoms with Gasteiger partial charge in [0.15, 0.2) is 4.96 Å². The van der Waals surface area contributed by atoms with Gasteiger partial charge >= 0.3 is 0 Å². The van der Waals surface area contributed by atoms with Crippen LogP contribution in [-0.4, -0.2) is 51.8 Å². The van der Waals surface area contributed by atoms with Crippen molar-refractivity contribution in [2.45, 2.75) is 18.9 Å². The molecule has 1 aliphatic heterocycles. The van der Waals surface area contributed by atoms with E-state index in [9.17, 15) is 9.59 Å². The van der Waals surface area contributed by atoms with Crippen molar-refractivity contribution in [3.05, 3.63) is 53.8 Å². The van der Waals surface area contributed by atoms with Gasteiger partial charge in [-0.1, -0.05) is 18.2 Å². The summed E-state index contributed by atoms with van der Waals surface area (Å²) in [6, 6.07) is 9.35. The lowest BCUT2D eigenvalue weighted by atomic mass is 10.2. The van der Waals surface area contributed by atoms with Crippen molar-refractivity contribution in [2.24, 2.45) is 0 Å². The average molecular weight is 384 g/mol.